The molecule has 0 fully saturated rings. The van der Waals surface area contributed by atoms with Crippen molar-refractivity contribution in [2.24, 2.45) is 5.73 Å². The Morgan fingerprint density at radius 1 is 1.44 bits per heavy atom. The number of amidine groups is 1. The van der Waals surface area contributed by atoms with E-state index in [0.29, 0.717) is 5.69 Å². The van der Waals surface area contributed by atoms with Crippen molar-refractivity contribution in [2.45, 2.75) is 26.1 Å². The second kappa shape index (κ2) is 5.24. The number of nitrogens with zero attached hydrogens (tertiary/aromatic N) is 2. The number of anilines is 1. The van der Waals surface area contributed by atoms with Gasteiger partial charge >= 0.3 is 6.18 Å². The normalized spacial score (nSPS) is 11.7. The van der Waals surface area contributed by atoms with Crippen LogP contribution in [0.5, 0.6) is 0 Å². The van der Waals surface area contributed by atoms with Gasteiger partial charge in [0.15, 0.2) is 0 Å². The minimum atomic E-state index is -4.27. The summed E-state index contributed by atoms with van der Waals surface area (Å²) in [5.74, 6) is -0.214. The smallest absolute Gasteiger partial charge is 0.382 e. The molecule has 1 rings (SSSR count). The third kappa shape index (κ3) is 3.90. The zero-order valence-electron chi connectivity index (χ0n) is 10.1. The van der Waals surface area contributed by atoms with Crippen molar-refractivity contribution >= 4 is 11.5 Å². The monoisotopic (exact) mass is 260 g/mol. The summed E-state index contributed by atoms with van der Waals surface area (Å²) in [5.41, 5.74) is 5.83. The van der Waals surface area contributed by atoms with Crippen molar-refractivity contribution in [1.29, 1.82) is 5.41 Å². The summed E-state index contributed by atoms with van der Waals surface area (Å²) in [7, 11) is 0. The van der Waals surface area contributed by atoms with Crippen molar-refractivity contribution < 1.29 is 13.2 Å². The molecule has 0 radical (unpaired) electrons. The van der Waals surface area contributed by atoms with Crippen LogP contribution in [0.3, 0.4) is 0 Å². The number of alkyl halides is 3. The highest BCUT2D eigenvalue weighted by Crippen LogP contribution is 2.23. The van der Waals surface area contributed by atoms with E-state index in [4.69, 9.17) is 11.1 Å². The fourth-order valence-electron chi connectivity index (χ4n) is 1.48. The van der Waals surface area contributed by atoms with Crippen molar-refractivity contribution in [3.8, 4) is 0 Å². The zero-order chi connectivity index (χ0) is 13.9. The van der Waals surface area contributed by atoms with Gasteiger partial charge < -0.3 is 10.6 Å². The molecule has 0 saturated carbocycles. The topological polar surface area (TPSA) is 66.0 Å². The minimum Gasteiger partial charge on any atom is -0.382 e. The quantitative estimate of drug-likeness (QED) is 0.644. The van der Waals surface area contributed by atoms with Crippen LogP contribution in [0.15, 0.2) is 18.3 Å². The second-order valence-corrected chi connectivity index (χ2v) is 4.15. The number of nitrogens with one attached hydrogen (secondary N) is 1. The van der Waals surface area contributed by atoms with Crippen LogP contribution in [0.1, 0.15) is 19.5 Å². The molecular formula is C11H15F3N4. The predicted molar refractivity (Wildman–Crippen MR) is 63.8 cm³/mol. The van der Waals surface area contributed by atoms with Crippen molar-refractivity contribution in [3.63, 3.8) is 0 Å². The number of halogens is 3. The van der Waals surface area contributed by atoms with Gasteiger partial charge in [-0.15, -0.1) is 0 Å². The van der Waals surface area contributed by atoms with E-state index in [1.807, 2.05) is 0 Å². The third-order valence-electron chi connectivity index (χ3n) is 2.33. The van der Waals surface area contributed by atoms with E-state index >= 15 is 0 Å². The van der Waals surface area contributed by atoms with E-state index in [9.17, 15) is 13.2 Å². The number of aromatic nitrogens is 1. The number of rotatable bonds is 4. The van der Waals surface area contributed by atoms with E-state index in [1.165, 1.54) is 23.2 Å². The standard InChI is InChI=1S/C11H15F3N4/c1-7(2)18(6-11(12,13)14)8-3-4-9(10(15)16)17-5-8/h3-5,7H,6H2,1-2H3,(H3,15,16). The van der Waals surface area contributed by atoms with Crippen molar-refractivity contribution in [3.05, 3.63) is 24.0 Å². The highest BCUT2D eigenvalue weighted by Gasteiger charge is 2.32. The van der Waals surface area contributed by atoms with Crippen molar-refractivity contribution in [1.82, 2.24) is 4.98 Å². The molecule has 18 heavy (non-hydrogen) atoms. The number of nitrogens with two attached hydrogens (primary N) is 1. The maximum Gasteiger partial charge on any atom is 0.405 e. The van der Waals surface area contributed by atoms with Crippen LogP contribution >= 0.6 is 0 Å². The number of pyridine rings is 1. The molecule has 0 unspecified atom stereocenters. The SMILES string of the molecule is CC(C)N(CC(F)(F)F)c1ccc(C(=N)N)nc1. The molecule has 0 aliphatic rings. The highest BCUT2D eigenvalue weighted by atomic mass is 19.4. The average molecular weight is 260 g/mol. The van der Waals surface area contributed by atoms with E-state index in [1.54, 1.807) is 13.8 Å². The van der Waals surface area contributed by atoms with Gasteiger partial charge in [0.1, 0.15) is 18.1 Å². The molecular weight excluding hydrogens is 245 g/mol. The van der Waals surface area contributed by atoms with Gasteiger partial charge in [0, 0.05) is 6.04 Å². The number of nitrogen functional groups attached to an aromatic ring is 1. The van der Waals surface area contributed by atoms with Crippen LogP contribution in [0.25, 0.3) is 0 Å². The molecule has 0 aliphatic heterocycles. The van der Waals surface area contributed by atoms with Crippen LogP contribution in [-0.4, -0.2) is 29.6 Å². The van der Waals surface area contributed by atoms with Gasteiger partial charge in [-0.1, -0.05) is 0 Å². The van der Waals surface area contributed by atoms with Gasteiger partial charge in [0.05, 0.1) is 11.9 Å². The predicted octanol–water partition coefficient (Wildman–Crippen LogP) is 2.14. The average Bonchev–Trinajstić information content (AvgIpc) is 2.24. The van der Waals surface area contributed by atoms with Crippen LogP contribution in [-0.2, 0) is 0 Å². The van der Waals surface area contributed by atoms with Gasteiger partial charge in [-0.25, -0.2) is 0 Å². The summed E-state index contributed by atoms with van der Waals surface area (Å²) in [4.78, 5) is 5.04. The Bertz CT molecular complexity index is 411. The summed E-state index contributed by atoms with van der Waals surface area (Å²) in [5, 5.41) is 7.16. The highest BCUT2D eigenvalue weighted by molar-refractivity contribution is 5.93. The summed E-state index contributed by atoms with van der Waals surface area (Å²) in [6, 6.07) is 2.61. The fourth-order valence-corrected chi connectivity index (χ4v) is 1.48. The Labute approximate surface area is 103 Å². The van der Waals surface area contributed by atoms with E-state index in [-0.39, 0.29) is 17.6 Å². The molecule has 3 N–H and O–H groups in total. The van der Waals surface area contributed by atoms with Crippen LogP contribution in [0.2, 0.25) is 0 Å². The van der Waals surface area contributed by atoms with E-state index in [2.05, 4.69) is 4.98 Å². The molecule has 0 bridgehead atoms. The third-order valence-corrected chi connectivity index (χ3v) is 2.33. The summed E-state index contributed by atoms with van der Waals surface area (Å²) < 4.78 is 37.3. The van der Waals surface area contributed by atoms with Gasteiger partial charge in [-0.2, -0.15) is 13.2 Å². The molecule has 0 amide bonds. The molecule has 0 aliphatic carbocycles. The van der Waals surface area contributed by atoms with Crippen LogP contribution < -0.4 is 10.6 Å². The first kappa shape index (κ1) is 14.3. The van der Waals surface area contributed by atoms with Gasteiger partial charge in [0.25, 0.3) is 0 Å². The lowest BCUT2D eigenvalue weighted by Crippen LogP contribution is -2.39. The first-order chi connectivity index (χ1) is 8.20. The first-order valence-electron chi connectivity index (χ1n) is 5.34. The fraction of sp³-hybridized carbons (Fsp3) is 0.455. The molecule has 0 aromatic carbocycles. The summed E-state index contributed by atoms with van der Waals surface area (Å²) in [6.45, 7) is 2.31. The lowest BCUT2D eigenvalue weighted by Gasteiger charge is -2.29. The number of hydrogen-bond acceptors (Lipinski definition) is 3. The maximum atomic E-state index is 12.4. The molecule has 1 aromatic heterocycles. The maximum absolute atomic E-state index is 12.4. The van der Waals surface area contributed by atoms with Gasteiger partial charge in [-0.3, -0.25) is 10.4 Å². The van der Waals surface area contributed by atoms with Gasteiger partial charge in [-0.05, 0) is 26.0 Å². The van der Waals surface area contributed by atoms with Crippen molar-refractivity contribution in [2.75, 3.05) is 11.4 Å². The minimum absolute atomic E-state index is 0.214. The Balaban J connectivity index is 2.96. The lowest BCUT2D eigenvalue weighted by atomic mass is 10.2. The molecule has 1 heterocycles. The lowest BCUT2D eigenvalue weighted by molar-refractivity contribution is -0.120. The molecule has 0 spiro atoms. The Hall–Kier alpha value is -1.79. The summed E-state index contributed by atoms with van der Waals surface area (Å²) >= 11 is 0. The van der Waals surface area contributed by atoms with Crippen LogP contribution in [0, 0.1) is 5.41 Å². The molecule has 1 aromatic rings. The summed E-state index contributed by atoms with van der Waals surface area (Å²) in [6.07, 6.45) is -2.98. The second-order valence-electron chi connectivity index (χ2n) is 4.15. The Morgan fingerprint density at radius 2 is 2.06 bits per heavy atom. The molecule has 4 nitrogen and oxygen atoms in total. The van der Waals surface area contributed by atoms with Crippen LogP contribution in [0.4, 0.5) is 18.9 Å². The van der Waals surface area contributed by atoms with Gasteiger partial charge in [0.2, 0.25) is 0 Å². The molecule has 7 heteroatoms. The Kier molecular flexibility index (Phi) is 4.15. The molecule has 0 saturated heterocycles. The number of hydrogen-bond donors (Lipinski definition) is 2. The zero-order valence-corrected chi connectivity index (χ0v) is 10.1. The molecule has 100 valence electrons. The van der Waals surface area contributed by atoms with E-state index < -0.39 is 12.7 Å². The molecule has 0 atom stereocenters. The Morgan fingerprint density at radius 3 is 2.39 bits per heavy atom. The van der Waals surface area contributed by atoms with E-state index in [0.717, 1.165) is 0 Å². The first-order valence-corrected chi connectivity index (χ1v) is 5.34. The largest absolute Gasteiger partial charge is 0.405 e.